The monoisotopic (exact) mass is 523 g/mol. The van der Waals surface area contributed by atoms with Gasteiger partial charge in [-0.15, -0.1) is 0 Å². The molecule has 0 aliphatic rings. The van der Waals surface area contributed by atoms with Crippen LogP contribution in [0.2, 0.25) is 0 Å². The van der Waals surface area contributed by atoms with Gasteiger partial charge in [0.25, 0.3) is 0 Å². The van der Waals surface area contributed by atoms with Crippen molar-refractivity contribution in [3.05, 3.63) is 51.5 Å². The highest BCUT2D eigenvalue weighted by Gasteiger charge is 2.11. The molecule has 0 aliphatic heterocycles. The molecular weight excluding hydrogens is 494 g/mol. The number of halogens is 1. The molecule has 0 heterocycles. The highest BCUT2D eigenvalue weighted by Crippen LogP contribution is 2.36. The molecule has 2 rings (SSSR count). The zero-order valence-electron chi connectivity index (χ0n) is 18.9. The second kappa shape index (κ2) is 13.9. The van der Waals surface area contributed by atoms with Gasteiger partial charge in [-0.1, -0.05) is 6.07 Å². The molecule has 0 saturated carbocycles. The third-order valence-electron chi connectivity index (χ3n) is 4.42. The molecule has 174 valence electrons. The summed E-state index contributed by atoms with van der Waals surface area (Å²) in [5.74, 6) is 2.05. The molecule has 32 heavy (non-hydrogen) atoms. The van der Waals surface area contributed by atoms with Gasteiger partial charge in [0.15, 0.2) is 16.6 Å². The van der Waals surface area contributed by atoms with Crippen LogP contribution in [0.25, 0.3) is 0 Å². The minimum atomic E-state index is 0.380. The van der Waals surface area contributed by atoms with Gasteiger partial charge in [0.2, 0.25) is 0 Å². The summed E-state index contributed by atoms with van der Waals surface area (Å²) in [5, 5.41) is 7.54. The Morgan fingerprint density at radius 1 is 1.06 bits per heavy atom. The van der Waals surface area contributed by atoms with Crippen molar-refractivity contribution < 1.29 is 18.9 Å². The van der Waals surface area contributed by atoms with Gasteiger partial charge < -0.3 is 24.3 Å². The first-order valence-corrected chi connectivity index (χ1v) is 11.5. The van der Waals surface area contributed by atoms with Crippen LogP contribution in [0.15, 0.2) is 39.9 Å². The first kappa shape index (κ1) is 25.9. The number of hydrogen-bond acceptors (Lipinski definition) is 6. The summed E-state index contributed by atoms with van der Waals surface area (Å²) in [4.78, 5) is 0. The average molecular weight is 524 g/mol. The highest BCUT2D eigenvalue weighted by molar-refractivity contribution is 9.10. The van der Waals surface area contributed by atoms with E-state index in [0.717, 1.165) is 22.3 Å². The Morgan fingerprint density at radius 2 is 1.81 bits per heavy atom. The van der Waals surface area contributed by atoms with Crippen LogP contribution in [0.5, 0.6) is 17.2 Å². The van der Waals surface area contributed by atoms with Crippen molar-refractivity contribution in [1.29, 1.82) is 0 Å². The molecule has 0 aromatic heterocycles. The molecule has 0 radical (unpaired) electrons. The SMILES string of the molecule is CCNC(=S)N/N=C\c1cc(Br)c(OCCOCCOc2ccc(C)c(C)c2)c(OC)c1. The maximum Gasteiger partial charge on any atom is 0.186 e. The van der Waals surface area contributed by atoms with E-state index in [1.54, 1.807) is 13.3 Å². The van der Waals surface area contributed by atoms with Crippen molar-refractivity contribution >= 4 is 39.5 Å². The molecule has 0 fully saturated rings. The van der Waals surface area contributed by atoms with Gasteiger partial charge in [-0.3, -0.25) is 5.43 Å². The molecule has 0 atom stereocenters. The third kappa shape index (κ3) is 8.64. The fourth-order valence-electron chi connectivity index (χ4n) is 2.65. The van der Waals surface area contributed by atoms with E-state index >= 15 is 0 Å². The van der Waals surface area contributed by atoms with Crippen molar-refractivity contribution in [2.24, 2.45) is 5.10 Å². The number of hydrazone groups is 1. The van der Waals surface area contributed by atoms with E-state index in [1.165, 1.54) is 11.1 Å². The number of aryl methyl sites for hydroxylation is 2. The Morgan fingerprint density at radius 3 is 2.50 bits per heavy atom. The molecule has 0 unspecified atom stereocenters. The summed E-state index contributed by atoms with van der Waals surface area (Å²) in [6.45, 7) is 8.61. The first-order valence-electron chi connectivity index (χ1n) is 10.3. The number of nitrogens with zero attached hydrogens (tertiary/aromatic N) is 1. The summed E-state index contributed by atoms with van der Waals surface area (Å²) >= 11 is 8.60. The van der Waals surface area contributed by atoms with Crippen LogP contribution in [0.1, 0.15) is 23.6 Å². The molecule has 0 spiro atoms. The second-order valence-corrected chi connectivity index (χ2v) is 8.08. The predicted octanol–water partition coefficient (Wildman–Crippen LogP) is 4.37. The number of benzene rings is 2. The number of rotatable bonds is 12. The largest absolute Gasteiger partial charge is 0.493 e. The zero-order valence-corrected chi connectivity index (χ0v) is 21.3. The topological polar surface area (TPSA) is 73.3 Å². The Labute approximate surface area is 203 Å². The van der Waals surface area contributed by atoms with E-state index in [-0.39, 0.29) is 0 Å². The molecule has 0 saturated heterocycles. The van der Waals surface area contributed by atoms with Crippen LogP contribution in [0, 0.1) is 13.8 Å². The minimum absolute atomic E-state index is 0.380. The molecule has 9 heteroatoms. The summed E-state index contributed by atoms with van der Waals surface area (Å²) in [6.07, 6.45) is 1.65. The van der Waals surface area contributed by atoms with E-state index in [2.05, 4.69) is 51.7 Å². The Kier molecular flexibility index (Phi) is 11.3. The Bertz CT molecular complexity index is 924. The minimum Gasteiger partial charge on any atom is -0.493 e. The smallest absolute Gasteiger partial charge is 0.186 e. The van der Waals surface area contributed by atoms with Crippen LogP contribution >= 0.6 is 28.1 Å². The predicted molar refractivity (Wildman–Crippen MR) is 135 cm³/mol. The van der Waals surface area contributed by atoms with Crippen molar-refractivity contribution in [1.82, 2.24) is 10.7 Å². The van der Waals surface area contributed by atoms with Gasteiger partial charge >= 0.3 is 0 Å². The zero-order chi connectivity index (χ0) is 23.3. The van der Waals surface area contributed by atoms with Crippen LogP contribution < -0.4 is 25.0 Å². The maximum atomic E-state index is 5.85. The number of hydrogen-bond donors (Lipinski definition) is 2. The Balaban J connectivity index is 1.76. The lowest BCUT2D eigenvalue weighted by Gasteiger charge is -2.14. The number of thiocarbonyl (C=S) groups is 1. The fraction of sp³-hybridized carbons (Fsp3) is 0.391. The fourth-order valence-corrected chi connectivity index (χ4v) is 3.42. The lowest BCUT2D eigenvalue weighted by molar-refractivity contribution is 0.0755. The van der Waals surface area contributed by atoms with Crippen molar-refractivity contribution in [3.8, 4) is 17.2 Å². The van der Waals surface area contributed by atoms with Crippen LogP contribution in [-0.2, 0) is 4.74 Å². The van der Waals surface area contributed by atoms with Crippen LogP contribution in [0.3, 0.4) is 0 Å². The van der Waals surface area contributed by atoms with Crippen molar-refractivity contribution in [2.75, 3.05) is 40.1 Å². The summed E-state index contributed by atoms with van der Waals surface area (Å²) in [6, 6.07) is 9.77. The maximum absolute atomic E-state index is 5.85. The third-order valence-corrected chi connectivity index (χ3v) is 5.24. The van der Waals surface area contributed by atoms with Gasteiger partial charge in [0.05, 0.1) is 31.0 Å². The van der Waals surface area contributed by atoms with Gasteiger partial charge in [0, 0.05) is 6.54 Å². The molecule has 0 bridgehead atoms. The van der Waals surface area contributed by atoms with Gasteiger partial charge in [-0.05, 0) is 89.9 Å². The highest BCUT2D eigenvalue weighted by atomic mass is 79.9. The van der Waals surface area contributed by atoms with Crippen LogP contribution in [0.4, 0.5) is 0 Å². The van der Waals surface area contributed by atoms with E-state index in [1.807, 2.05) is 31.2 Å². The number of nitrogens with one attached hydrogen (secondary N) is 2. The van der Waals surface area contributed by atoms with E-state index < -0.39 is 0 Å². The molecule has 2 N–H and O–H groups in total. The lowest BCUT2D eigenvalue weighted by atomic mass is 10.1. The molecule has 2 aromatic rings. The normalized spacial score (nSPS) is 10.8. The summed E-state index contributed by atoms with van der Waals surface area (Å²) < 4.78 is 23.4. The van der Waals surface area contributed by atoms with Crippen molar-refractivity contribution in [3.63, 3.8) is 0 Å². The number of methoxy groups -OCH3 is 1. The quantitative estimate of drug-likeness (QED) is 0.185. The molecule has 0 aliphatic carbocycles. The Hall–Kier alpha value is -2.36. The van der Waals surface area contributed by atoms with Gasteiger partial charge in [-0.25, -0.2) is 0 Å². The van der Waals surface area contributed by atoms with Crippen LogP contribution in [-0.4, -0.2) is 51.4 Å². The standard InChI is InChI=1S/C23H30BrN3O4S/c1-5-25-23(32)27-26-15-18-13-20(24)22(21(14-18)28-4)31-11-9-29-8-10-30-19-7-6-16(2)17(3)12-19/h6-7,12-15H,5,8-11H2,1-4H3,(H2,25,27,32)/b26-15-. The summed E-state index contributed by atoms with van der Waals surface area (Å²) in [5.41, 5.74) is 6.04. The molecule has 0 amide bonds. The molecule has 2 aromatic carbocycles. The second-order valence-electron chi connectivity index (χ2n) is 6.82. The van der Waals surface area contributed by atoms with E-state index in [9.17, 15) is 0 Å². The number of ether oxygens (including phenoxy) is 4. The first-order chi connectivity index (χ1) is 15.4. The van der Waals surface area contributed by atoms with E-state index in [0.29, 0.717) is 43.0 Å². The average Bonchev–Trinajstić information content (AvgIpc) is 2.76. The van der Waals surface area contributed by atoms with Crippen molar-refractivity contribution in [2.45, 2.75) is 20.8 Å². The molecular formula is C23H30BrN3O4S. The van der Waals surface area contributed by atoms with Gasteiger partial charge in [-0.2, -0.15) is 5.10 Å². The summed E-state index contributed by atoms with van der Waals surface area (Å²) in [7, 11) is 1.59. The molecule has 7 nitrogen and oxygen atoms in total. The van der Waals surface area contributed by atoms with E-state index in [4.69, 9.17) is 31.2 Å². The lowest BCUT2D eigenvalue weighted by Crippen LogP contribution is -2.31. The van der Waals surface area contributed by atoms with Gasteiger partial charge in [0.1, 0.15) is 19.0 Å².